The van der Waals surface area contributed by atoms with Gasteiger partial charge in [-0.3, -0.25) is 0 Å². The highest BCUT2D eigenvalue weighted by molar-refractivity contribution is 7.94. The molecule has 4 atom stereocenters. The highest BCUT2D eigenvalue weighted by Crippen LogP contribution is 2.40. The van der Waals surface area contributed by atoms with Crippen molar-refractivity contribution in [3.63, 3.8) is 0 Å². The van der Waals surface area contributed by atoms with Crippen molar-refractivity contribution >= 4 is 42.1 Å². The number of aromatic nitrogens is 2. The van der Waals surface area contributed by atoms with Gasteiger partial charge < -0.3 is 28.1 Å². The van der Waals surface area contributed by atoms with Crippen LogP contribution >= 0.6 is 36.1 Å². The predicted octanol–water partition coefficient (Wildman–Crippen LogP) is 1.47. The van der Waals surface area contributed by atoms with Crippen LogP contribution in [0.25, 0.3) is 0 Å². The van der Waals surface area contributed by atoms with Gasteiger partial charge in [0.1, 0.15) is 24.4 Å². The minimum absolute atomic E-state index is 0.00930. The van der Waals surface area contributed by atoms with Gasteiger partial charge in [0, 0.05) is 29.0 Å². The number of aliphatic hydroxyl groups is 1. The Balaban J connectivity index is 2.26. The van der Waals surface area contributed by atoms with Crippen LogP contribution in [0.1, 0.15) is 15.8 Å². The Bertz CT molecular complexity index is 585. The van der Waals surface area contributed by atoms with Crippen molar-refractivity contribution in [2.75, 3.05) is 31.0 Å². The van der Waals surface area contributed by atoms with Crippen LogP contribution in [0.3, 0.4) is 0 Å². The van der Waals surface area contributed by atoms with E-state index in [1.165, 1.54) is 6.20 Å². The molecule has 1 fully saturated rings. The summed E-state index contributed by atoms with van der Waals surface area (Å²) in [4.78, 5) is 7.97. The molecule has 11 heteroatoms. The number of aliphatic hydroxyl groups excluding tert-OH is 1. The number of nitrogens with two attached hydrogens (primary N) is 1. The summed E-state index contributed by atoms with van der Waals surface area (Å²) in [5.74, 6) is 0.103. The van der Waals surface area contributed by atoms with E-state index in [-0.39, 0.29) is 37.1 Å². The molecule has 0 amide bonds. The van der Waals surface area contributed by atoms with Crippen molar-refractivity contribution in [3.05, 3.63) is 11.8 Å². The van der Waals surface area contributed by atoms with Gasteiger partial charge in [-0.05, 0) is 24.1 Å². The predicted molar refractivity (Wildman–Crippen MR) is 92.1 cm³/mol. The maximum atomic E-state index is 7.47. The van der Waals surface area contributed by atoms with Gasteiger partial charge in [-0.25, -0.2) is 4.98 Å². The van der Waals surface area contributed by atoms with Crippen molar-refractivity contribution in [2.24, 2.45) is 0 Å². The second-order valence-electron chi connectivity index (χ2n) is 4.33. The van der Waals surface area contributed by atoms with E-state index in [4.69, 9.17) is 33.7 Å². The Morgan fingerprint density at radius 2 is 2.30 bits per heavy atom. The minimum Gasteiger partial charge on any atom is -0.405 e. The molecule has 1 aromatic rings. The lowest BCUT2D eigenvalue weighted by atomic mass is 10.0. The van der Waals surface area contributed by atoms with Crippen LogP contribution in [-0.4, -0.2) is 60.1 Å². The summed E-state index contributed by atoms with van der Waals surface area (Å²) < 4.78 is 51.3. The molecule has 0 radical (unpaired) electrons. The molecular formula is C12H19N3O5S3. The van der Waals surface area contributed by atoms with Crippen LogP contribution in [0.2, 0.25) is 0 Å². The Labute approximate surface area is 153 Å². The van der Waals surface area contributed by atoms with Crippen LogP contribution < -0.4 is 9.92 Å². The normalized spacial score (nSPS) is 29.6. The van der Waals surface area contributed by atoms with Gasteiger partial charge in [0.2, 0.25) is 13.3 Å². The Kier molecular flexibility index (Phi) is 5.50. The van der Waals surface area contributed by atoms with Crippen LogP contribution in [0.5, 0.6) is 5.88 Å². The molecule has 23 heavy (non-hydrogen) atoms. The molecule has 1 saturated heterocycles. The van der Waals surface area contributed by atoms with Gasteiger partial charge in [-0.1, -0.05) is 0 Å². The number of hydrogen-bond donors (Lipinski definition) is 2. The second-order valence-corrected chi connectivity index (χ2v) is 5.63. The largest absolute Gasteiger partial charge is 0.405 e. The lowest BCUT2D eigenvalue weighted by Gasteiger charge is -2.18. The average Bonchev–Trinajstić information content (AvgIpc) is 3.02. The van der Waals surface area contributed by atoms with Crippen molar-refractivity contribution in [3.8, 4) is 5.88 Å². The van der Waals surface area contributed by atoms with Crippen molar-refractivity contribution < 1.29 is 26.5 Å². The number of nitrogen functional groups attached to an aromatic ring is 1. The zero-order valence-corrected chi connectivity index (χ0v) is 14.4. The zero-order valence-electron chi connectivity index (χ0n) is 16.0. The first-order valence-corrected chi connectivity index (χ1v) is 8.99. The lowest BCUT2D eigenvalue weighted by molar-refractivity contribution is -0.00896. The highest BCUT2D eigenvalue weighted by atomic mass is 32.2. The monoisotopic (exact) mass is 389 g/mol. The summed E-state index contributed by atoms with van der Waals surface area (Å²) in [6.45, 7) is 0.0939. The molecule has 1 unspecified atom stereocenters. The molecule has 1 aliphatic heterocycles. The Morgan fingerprint density at radius 1 is 1.43 bits per heavy atom. The zero-order chi connectivity index (χ0) is 19.6. The summed E-state index contributed by atoms with van der Waals surface area (Å²) in [6.07, 6.45) is -1.66. The number of hydrogen-bond acceptors (Lipinski definition) is 11. The Morgan fingerprint density at radius 3 is 3.09 bits per heavy atom. The average molecular weight is 390 g/mol. The molecule has 2 rings (SSSR count). The molecule has 2 heterocycles. The van der Waals surface area contributed by atoms with E-state index in [1.807, 2.05) is 0 Å². The summed E-state index contributed by atoms with van der Waals surface area (Å²) in [6, 6.07) is 0. The molecule has 0 aromatic carbocycles. The minimum atomic E-state index is -0.866. The van der Waals surface area contributed by atoms with E-state index >= 15 is 0 Å². The fraction of sp³-hybridized carbons (Fsp3) is 0.667. The number of nitrogens with zero attached hydrogens (tertiary/aromatic N) is 2. The van der Waals surface area contributed by atoms with E-state index in [0.717, 1.165) is 36.1 Å². The van der Waals surface area contributed by atoms with Crippen LogP contribution in [-0.2, 0) is 13.1 Å². The first-order valence-electron chi connectivity index (χ1n) is 8.78. The maximum Gasteiger partial charge on any atom is 0.238 e. The topological polar surface area (TPSA) is 109 Å². The second kappa shape index (κ2) is 9.16. The van der Waals surface area contributed by atoms with E-state index in [2.05, 4.69) is 9.97 Å². The van der Waals surface area contributed by atoms with Crippen molar-refractivity contribution in [1.82, 2.24) is 9.97 Å². The molecule has 130 valence electrons. The third kappa shape index (κ3) is 4.56. The molecule has 0 aliphatic carbocycles. The molecule has 3 N–H and O–H groups in total. The van der Waals surface area contributed by atoms with Crippen LogP contribution in [0.4, 0.5) is 5.95 Å². The molecule has 1 aliphatic rings. The number of ether oxygens (including phenoxy) is 1. The van der Waals surface area contributed by atoms with Crippen LogP contribution in [0, 0.1) is 0 Å². The quantitative estimate of drug-likeness (QED) is 0.473. The first kappa shape index (κ1) is 13.8. The van der Waals surface area contributed by atoms with E-state index in [1.54, 1.807) is 0 Å². The van der Waals surface area contributed by atoms with E-state index < -0.39 is 24.4 Å². The maximum absolute atomic E-state index is 7.47. The third-order valence-corrected chi connectivity index (χ3v) is 3.98. The number of anilines is 1. The molecule has 1 aromatic heterocycles. The first-order chi connectivity index (χ1) is 13.2. The van der Waals surface area contributed by atoms with E-state index in [9.17, 15) is 0 Å². The van der Waals surface area contributed by atoms with E-state index in [0.29, 0.717) is 5.56 Å². The standard InChI is InChI=1S/C12H19N3O5S3/c1-21-17-5-7-10(19-22-2)8(16)9(18-7)6-4-14-12(13)15-11(6)20-23-3/h4,7-10,16H,5H2,1-3H3,(H2,13,14,15)/t7-,8?,9+,10+/m1/s1/i1T,2T,3T,16T. The summed E-state index contributed by atoms with van der Waals surface area (Å²) in [5, 5.41) is 4.85. The summed E-state index contributed by atoms with van der Waals surface area (Å²) in [7, 11) is 0. The smallest absolute Gasteiger partial charge is 0.238 e. The van der Waals surface area contributed by atoms with Crippen LogP contribution in [0.15, 0.2) is 6.20 Å². The summed E-state index contributed by atoms with van der Waals surface area (Å²) in [5.41, 5.74) is 6.00. The Hall–Kier alpha value is -0.430. The number of rotatable bonds is 9. The fourth-order valence-corrected chi connectivity index (χ4v) is 2.99. The van der Waals surface area contributed by atoms with Crippen molar-refractivity contribution in [2.45, 2.75) is 24.4 Å². The highest BCUT2D eigenvalue weighted by Gasteiger charge is 2.47. The molecular weight excluding hydrogens is 362 g/mol. The summed E-state index contributed by atoms with van der Waals surface area (Å²) >= 11 is 2.70. The molecule has 0 bridgehead atoms. The molecule has 8 nitrogen and oxygen atoms in total. The third-order valence-electron chi connectivity index (χ3n) is 3.05. The van der Waals surface area contributed by atoms with Gasteiger partial charge in [-0.2, -0.15) is 4.98 Å². The van der Waals surface area contributed by atoms with Crippen molar-refractivity contribution in [1.29, 1.82) is 1.43 Å². The molecule has 0 spiro atoms. The van der Waals surface area contributed by atoms with Gasteiger partial charge in [-0.15, -0.1) is 0 Å². The molecule has 0 saturated carbocycles. The van der Waals surface area contributed by atoms with Gasteiger partial charge >= 0.3 is 0 Å². The fourth-order valence-electron chi connectivity index (χ4n) is 2.13. The van der Waals surface area contributed by atoms with Gasteiger partial charge in [0.25, 0.3) is 0 Å². The lowest BCUT2D eigenvalue weighted by Crippen LogP contribution is -2.34. The SMILES string of the molecule is [3H]CSOC[C@H]1O[C@@H](c2cnc(N)nc2OSC[3H])C(O[3H])[C@H]1OSC[3H]. The van der Waals surface area contributed by atoms with Gasteiger partial charge in [0.15, 0.2) is 0 Å². The van der Waals surface area contributed by atoms with Gasteiger partial charge in [0.05, 0.1) is 24.2 Å².